The molecule has 1 aliphatic heterocycles. The Morgan fingerprint density at radius 3 is 2.11 bits per heavy atom. The van der Waals surface area contributed by atoms with Gasteiger partial charge in [-0.1, -0.05) is 12.8 Å². The van der Waals surface area contributed by atoms with Gasteiger partial charge in [-0.05, 0) is 44.7 Å². The van der Waals surface area contributed by atoms with Crippen LogP contribution in [0.1, 0.15) is 38.5 Å². The van der Waals surface area contributed by atoms with Gasteiger partial charge in [-0.15, -0.1) is 0 Å². The number of hydrogen-bond acceptors (Lipinski definition) is 2. The lowest BCUT2D eigenvalue weighted by Gasteiger charge is -2.39. The highest BCUT2D eigenvalue weighted by Gasteiger charge is 2.56. The predicted molar refractivity (Wildman–Crippen MR) is 63.2 cm³/mol. The van der Waals surface area contributed by atoms with E-state index in [1.807, 2.05) is 4.90 Å². The molecule has 1 aliphatic carbocycles. The zero-order valence-corrected chi connectivity index (χ0v) is 10.7. The Morgan fingerprint density at radius 1 is 1.11 bits per heavy atom. The number of halogens is 3. The van der Waals surface area contributed by atoms with Crippen LogP contribution in [0.15, 0.2) is 0 Å². The molecule has 1 saturated carbocycles. The van der Waals surface area contributed by atoms with Crippen LogP contribution < -0.4 is 0 Å². The van der Waals surface area contributed by atoms with E-state index in [1.54, 1.807) is 0 Å². The van der Waals surface area contributed by atoms with Crippen molar-refractivity contribution in [3.8, 4) is 0 Å². The van der Waals surface area contributed by atoms with Gasteiger partial charge in [0, 0.05) is 13.2 Å². The molecule has 106 valence electrons. The monoisotopic (exact) mass is 265 g/mol. The molecule has 5 heteroatoms. The van der Waals surface area contributed by atoms with Crippen LogP contribution in [-0.2, 0) is 0 Å². The van der Waals surface area contributed by atoms with E-state index in [4.69, 9.17) is 5.11 Å². The Hall–Kier alpha value is -0.290. The minimum absolute atomic E-state index is 0.161. The van der Waals surface area contributed by atoms with Crippen molar-refractivity contribution in [3.05, 3.63) is 0 Å². The highest BCUT2D eigenvalue weighted by Crippen LogP contribution is 2.51. The number of aliphatic hydroxyl groups is 1. The lowest BCUT2D eigenvalue weighted by Crippen LogP contribution is -2.48. The van der Waals surface area contributed by atoms with Crippen LogP contribution in [-0.4, -0.2) is 42.4 Å². The zero-order chi connectivity index (χ0) is 13.2. The smallest absolute Gasteiger partial charge is 0.395 e. The minimum atomic E-state index is -4.07. The standard InChI is InChI=1S/C13H22F3NO/c14-13(15,16)12(5-1-2-6-12)10-17-7-3-11(9-18)4-8-17/h11,18H,1-10H2. The highest BCUT2D eigenvalue weighted by molar-refractivity contribution is 4.94. The van der Waals surface area contributed by atoms with Gasteiger partial charge in [-0.25, -0.2) is 0 Å². The summed E-state index contributed by atoms with van der Waals surface area (Å²) in [5.41, 5.74) is -1.46. The molecule has 0 amide bonds. The Morgan fingerprint density at radius 2 is 1.67 bits per heavy atom. The summed E-state index contributed by atoms with van der Waals surface area (Å²) in [6.45, 7) is 1.72. The first-order valence-electron chi connectivity index (χ1n) is 6.87. The van der Waals surface area contributed by atoms with Crippen LogP contribution in [0.5, 0.6) is 0 Å². The molecule has 0 spiro atoms. The molecule has 1 saturated heterocycles. The third-order valence-corrected chi connectivity index (χ3v) is 4.65. The molecule has 2 fully saturated rings. The number of rotatable bonds is 3. The fourth-order valence-corrected chi connectivity index (χ4v) is 3.34. The maximum atomic E-state index is 13.2. The van der Waals surface area contributed by atoms with Gasteiger partial charge < -0.3 is 10.0 Å². The first-order chi connectivity index (χ1) is 8.47. The summed E-state index contributed by atoms with van der Waals surface area (Å²) in [6, 6.07) is 0. The first-order valence-corrected chi connectivity index (χ1v) is 6.87. The zero-order valence-electron chi connectivity index (χ0n) is 10.7. The van der Waals surface area contributed by atoms with E-state index in [0.29, 0.717) is 25.9 Å². The van der Waals surface area contributed by atoms with Gasteiger partial charge in [0.1, 0.15) is 0 Å². The lowest BCUT2D eigenvalue weighted by molar-refractivity contribution is -0.228. The van der Waals surface area contributed by atoms with Crippen molar-refractivity contribution in [1.29, 1.82) is 0 Å². The summed E-state index contributed by atoms with van der Waals surface area (Å²) < 4.78 is 39.7. The molecule has 0 aromatic heterocycles. The maximum Gasteiger partial charge on any atom is 0.395 e. The van der Waals surface area contributed by atoms with Crippen molar-refractivity contribution in [3.63, 3.8) is 0 Å². The Kier molecular flexibility index (Phi) is 4.22. The Bertz CT molecular complexity index is 266. The average Bonchev–Trinajstić information content (AvgIpc) is 2.79. The molecule has 0 bridgehead atoms. The molecule has 2 aliphatic rings. The number of likely N-dealkylation sites (tertiary alicyclic amines) is 1. The summed E-state index contributed by atoms with van der Waals surface area (Å²) in [5.74, 6) is 0.284. The van der Waals surface area contributed by atoms with E-state index in [1.165, 1.54) is 0 Å². The minimum Gasteiger partial charge on any atom is -0.396 e. The largest absolute Gasteiger partial charge is 0.396 e. The van der Waals surface area contributed by atoms with Crippen molar-refractivity contribution in [2.45, 2.75) is 44.7 Å². The van der Waals surface area contributed by atoms with Crippen LogP contribution in [0.2, 0.25) is 0 Å². The summed E-state index contributed by atoms with van der Waals surface area (Å²) in [7, 11) is 0. The predicted octanol–water partition coefficient (Wildman–Crippen LogP) is 2.81. The van der Waals surface area contributed by atoms with Crippen molar-refractivity contribution in [1.82, 2.24) is 4.90 Å². The topological polar surface area (TPSA) is 23.5 Å². The molecule has 0 unspecified atom stereocenters. The molecular formula is C13H22F3NO. The van der Waals surface area contributed by atoms with Crippen LogP contribution in [0.25, 0.3) is 0 Å². The van der Waals surface area contributed by atoms with E-state index in [2.05, 4.69) is 0 Å². The van der Waals surface area contributed by atoms with Crippen molar-refractivity contribution >= 4 is 0 Å². The van der Waals surface area contributed by atoms with Crippen molar-refractivity contribution < 1.29 is 18.3 Å². The van der Waals surface area contributed by atoms with Gasteiger partial charge in [-0.2, -0.15) is 13.2 Å². The first kappa shape index (κ1) is 14.1. The van der Waals surface area contributed by atoms with Gasteiger partial charge in [-0.3, -0.25) is 0 Å². The Labute approximate surface area is 106 Å². The molecule has 0 atom stereocenters. The second kappa shape index (κ2) is 5.37. The molecule has 0 aromatic rings. The number of nitrogens with zero attached hydrogens (tertiary/aromatic N) is 1. The molecule has 0 aromatic carbocycles. The van der Waals surface area contributed by atoms with Crippen LogP contribution in [0.3, 0.4) is 0 Å². The molecule has 2 nitrogen and oxygen atoms in total. The SMILES string of the molecule is OCC1CCN(CC2(C(F)(F)F)CCCC2)CC1. The van der Waals surface area contributed by atoms with Gasteiger partial charge in [0.15, 0.2) is 0 Å². The molecule has 18 heavy (non-hydrogen) atoms. The van der Waals surface area contributed by atoms with Gasteiger partial charge in [0.05, 0.1) is 5.41 Å². The van der Waals surface area contributed by atoms with E-state index in [9.17, 15) is 13.2 Å². The van der Waals surface area contributed by atoms with E-state index < -0.39 is 11.6 Å². The number of hydrogen-bond donors (Lipinski definition) is 1. The van der Waals surface area contributed by atoms with E-state index in [0.717, 1.165) is 12.8 Å². The second-order valence-corrected chi connectivity index (χ2v) is 5.89. The van der Waals surface area contributed by atoms with Crippen molar-refractivity contribution in [2.24, 2.45) is 11.3 Å². The van der Waals surface area contributed by atoms with Crippen LogP contribution >= 0.6 is 0 Å². The lowest BCUT2D eigenvalue weighted by atomic mass is 9.83. The maximum absolute atomic E-state index is 13.2. The van der Waals surface area contributed by atoms with Crippen molar-refractivity contribution in [2.75, 3.05) is 26.2 Å². The fourth-order valence-electron chi connectivity index (χ4n) is 3.34. The Balaban J connectivity index is 1.95. The summed E-state index contributed by atoms with van der Waals surface area (Å²) in [5, 5.41) is 9.04. The fraction of sp³-hybridized carbons (Fsp3) is 1.00. The van der Waals surface area contributed by atoms with E-state index in [-0.39, 0.29) is 31.9 Å². The number of alkyl halides is 3. The summed E-state index contributed by atoms with van der Waals surface area (Å²) in [6.07, 6.45) is -0.446. The van der Waals surface area contributed by atoms with Crippen LogP contribution in [0.4, 0.5) is 13.2 Å². The second-order valence-electron chi connectivity index (χ2n) is 5.89. The van der Waals surface area contributed by atoms with Gasteiger partial charge in [0.25, 0.3) is 0 Å². The molecular weight excluding hydrogens is 243 g/mol. The molecule has 2 rings (SSSR count). The van der Waals surface area contributed by atoms with E-state index >= 15 is 0 Å². The number of piperidine rings is 1. The quantitative estimate of drug-likeness (QED) is 0.848. The van der Waals surface area contributed by atoms with Gasteiger partial charge in [0.2, 0.25) is 0 Å². The summed E-state index contributed by atoms with van der Waals surface area (Å²) >= 11 is 0. The third kappa shape index (κ3) is 2.82. The van der Waals surface area contributed by atoms with Gasteiger partial charge >= 0.3 is 6.18 Å². The molecule has 1 N–H and O–H groups in total. The van der Waals surface area contributed by atoms with Crippen LogP contribution in [0, 0.1) is 11.3 Å². The number of aliphatic hydroxyl groups excluding tert-OH is 1. The normalized spacial score (nSPS) is 26.7. The summed E-state index contributed by atoms with van der Waals surface area (Å²) in [4.78, 5) is 1.95. The third-order valence-electron chi connectivity index (χ3n) is 4.65. The molecule has 1 heterocycles. The average molecular weight is 265 g/mol. The molecule has 0 radical (unpaired) electrons. The highest BCUT2D eigenvalue weighted by atomic mass is 19.4.